The van der Waals surface area contributed by atoms with Crippen molar-refractivity contribution in [2.75, 3.05) is 13.1 Å². The molecule has 2 aromatic carbocycles. The SMILES string of the molecule is O=C(O)NCC1CCC(CNC(=O)c2cc(-c3ccc(F)cc3)nc3ccccc23)CC1. The third kappa shape index (κ3) is 5.22. The maximum atomic E-state index is 13.3. The maximum Gasteiger partial charge on any atom is 0.404 e. The van der Waals surface area contributed by atoms with E-state index in [1.807, 2.05) is 24.3 Å². The fourth-order valence-electron chi connectivity index (χ4n) is 4.34. The van der Waals surface area contributed by atoms with Crippen molar-refractivity contribution < 1.29 is 19.1 Å². The Morgan fingerprint density at radius 1 is 0.938 bits per heavy atom. The van der Waals surface area contributed by atoms with E-state index in [9.17, 15) is 14.0 Å². The number of benzene rings is 2. The molecular formula is C25H26FN3O3. The lowest BCUT2D eigenvalue weighted by molar-refractivity contribution is 0.0942. The van der Waals surface area contributed by atoms with Gasteiger partial charge in [-0.15, -0.1) is 0 Å². The van der Waals surface area contributed by atoms with Gasteiger partial charge >= 0.3 is 6.09 Å². The average Bonchev–Trinajstić information content (AvgIpc) is 2.81. The van der Waals surface area contributed by atoms with Gasteiger partial charge in [-0.25, -0.2) is 14.2 Å². The molecule has 0 unspecified atom stereocenters. The Labute approximate surface area is 185 Å². The molecule has 0 spiro atoms. The first kappa shape index (κ1) is 21.7. The van der Waals surface area contributed by atoms with E-state index in [1.54, 1.807) is 18.2 Å². The Balaban J connectivity index is 1.45. The van der Waals surface area contributed by atoms with E-state index in [0.29, 0.717) is 41.7 Å². The molecule has 166 valence electrons. The van der Waals surface area contributed by atoms with Crippen molar-refractivity contribution in [2.24, 2.45) is 11.8 Å². The lowest BCUT2D eigenvalue weighted by Crippen LogP contribution is -2.34. The summed E-state index contributed by atoms with van der Waals surface area (Å²) in [5.74, 6) is 0.271. The summed E-state index contributed by atoms with van der Waals surface area (Å²) in [6.07, 6.45) is 2.85. The molecule has 1 heterocycles. The minimum Gasteiger partial charge on any atom is -0.465 e. The van der Waals surface area contributed by atoms with E-state index in [-0.39, 0.29) is 11.7 Å². The summed E-state index contributed by atoms with van der Waals surface area (Å²) in [5.41, 5.74) is 2.64. The zero-order chi connectivity index (χ0) is 22.5. The Kier molecular flexibility index (Phi) is 6.63. The first-order valence-electron chi connectivity index (χ1n) is 10.9. The van der Waals surface area contributed by atoms with Crippen LogP contribution in [0.3, 0.4) is 0 Å². The van der Waals surface area contributed by atoms with Crippen LogP contribution in [0, 0.1) is 17.7 Å². The number of para-hydroxylation sites is 1. The Bertz CT molecular complexity index is 1110. The molecule has 32 heavy (non-hydrogen) atoms. The van der Waals surface area contributed by atoms with Crippen LogP contribution in [0.2, 0.25) is 0 Å². The molecule has 6 nitrogen and oxygen atoms in total. The summed E-state index contributed by atoms with van der Waals surface area (Å²) < 4.78 is 13.3. The molecule has 1 fully saturated rings. The predicted octanol–water partition coefficient (Wildman–Crippen LogP) is 4.84. The summed E-state index contributed by atoms with van der Waals surface area (Å²) in [5, 5.41) is 15.1. The fraction of sp³-hybridized carbons (Fsp3) is 0.320. The third-order valence-electron chi connectivity index (χ3n) is 6.16. The minimum atomic E-state index is -0.982. The van der Waals surface area contributed by atoms with Crippen molar-refractivity contribution in [2.45, 2.75) is 25.7 Å². The van der Waals surface area contributed by atoms with E-state index in [1.165, 1.54) is 12.1 Å². The van der Waals surface area contributed by atoms with Crippen molar-refractivity contribution in [3.05, 3.63) is 66.0 Å². The van der Waals surface area contributed by atoms with Gasteiger partial charge in [-0.2, -0.15) is 0 Å². The molecule has 0 bridgehead atoms. The molecule has 3 N–H and O–H groups in total. The molecule has 1 aromatic heterocycles. The highest BCUT2D eigenvalue weighted by molar-refractivity contribution is 6.07. The zero-order valence-corrected chi connectivity index (χ0v) is 17.7. The number of aromatic nitrogens is 1. The van der Waals surface area contributed by atoms with E-state index in [2.05, 4.69) is 15.6 Å². The second kappa shape index (κ2) is 9.77. The van der Waals surface area contributed by atoms with Crippen LogP contribution in [0.15, 0.2) is 54.6 Å². The van der Waals surface area contributed by atoms with Crippen LogP contribution in [0.1, 0.15) is 36.0 Å². The zero-order valence-electron chi connectivity index (χ0n) is 17.7. The Hall–Kier alpha value is -3.48. The van der Waals surface area contributed by atoms with Gasteiger partial charge in [-0.05, 0) is 73.9 Å². The molecule has 0 aliphatic heterocycles. The number of fused-ring (bicyclic) bond motifs is 1. The first-order valence-corrected chi connectivity index (χ1v) is 10.9. The summed E-state index contributed by atoms with van der Waals surface area (Å²) in [4.78, 5) is 28.4. The van der Waals surface area contributed by atoms with Crippen molar-refractivity contribution in [1.29, 1.82) is 0 Å². The highest BCUT2D eigenvalue weighted by atomic mass is 19.1. The van der Waals surface area contributed by atoms with Crippen LogP contribution in [0.4, 0.5) is 9.18 Å². The molecule has 4 rings (SSSR count). The minimum absolute atomic E-state index is 0.151. The predicted molar refractivity (Wildman–Crippen MR) is 121 cm³/mol. The number of carbonyl (C=O) groups excluding carboxylic acids is 1. The maximum absolute atomic E-state index is 13.3. The van der Waals surface area contributed by atoms with Crippen LogP contribution >= 0.6 is 0 Å². The van der Waals surface area contributed by atoms with Gasteiger partial charge in [0.05, 0.1) is 16.8 Å². The lowest BCUT2D eigenvalue weighted by atomic mass is 9.82. The number of carbonyl (C=O) groups is 2. The van der Waals surface area contributed by atoms with Crippen LogP contribution in [-0.2, 0) is 0 Å². The monoisotopic (exact) mass is 435 g/mol. The van der Waals surface area contributed by atoms with Gasteiger partial charge in [0.1, 0.15) is 5.82 Å². The van der Waals surface area contributed by atoms with E-state index >= 15 is 0 Å². The molecule has 7 heteroatoms. The Morgan fingerprint density at radius 3 is 2.22 bits per heavy atom. The normalized spacial score (nSPS) is 18.3. The number of nitrogens with one attached hydrogen (secondary N) is 2. The quantitative estimate of drug-likeness (QED) is 0.516. The largest absolute Gasteiger partial charge is 0.465 e. The van der Waals surface area contributed by atoms with Crippen molar-refractivity contribution in [3.8, 4) is 11.3 Å². The topological polar surface area (TPSA) is 91.3 Å². The van der Waals surface area contributed by atoms with Gasteiger partial charge in [0.15, 0.2) is 0 Å². The molecule has 1 aliphatic carbocycles. The molecule has 1 aliphatic rings. The van der Waals surface area contributed by atoms with Gasteiger partial charge in [0, 0.05) is 24.0 Å². The summed E-state index contributed by atoms with van der Waals surface area (Å²) in [7, 11) is 0. The van der Waals surface area contributed by atoms with Gasteiger partial charge in [-0.3, -0.25) is 4.79 Å². The summed E-state index contributed by atoms with van der Waals surface area (Å²) in [6.45, 7) is 1.07. The highest BCUT2D eigenvalue weighted by Crippen LogP contribution is 2.29. The van der Waals surface area contributed by atoms with Crippen molar-refractivity contribution >= 4 is 22.9 Å². The number of pyridine rings is 1. The number of amides is 2. The van der Waals surface area contributed by atoms with Crippen LogP contribution in [0.5, 0.6) is 0 Å². The van der Waals surface area contributed by atoms with E-state index in [0.717, 1.165) is 36.6 Å². The van der Waals surface area contributed by atoms with E-state index in [4.69, 9.17) is 5.11 Å². The number of rotatable bonds is 6. The Morgan fingerprint density at radius 2 is 1.56 bits per heavy atom. The average molecular weight is 435 g/mol. The third-order valence-corrected chi connectivity index (χ3v) is 6.16. The second-order valence-corrected chi connectivity index (χ2v) is 8.36. The summed E-state index contributed by atoms with van der Waals surface area (Å²) in [6, 6.07) is 15.4. The standard InChI is InChI=1S/C25H26FN3O3/c26-19-11-9-18(10-12-19)23-13-21(20-3-1-2-4-22(20)29-23)24(30)27-14-16-5-7-17(8-6-16)15-28-25(31)32/h1-4,9-13,16-17,28H,5-8,14-15H2,(H,27,30)(H,31,32). The number of nitrogens with zero attached hydrogens (tertiary/aromatic N) is 1. The highest BCUT2D eigenvalue weighted by Gasteiger charge is 2.22. The van der Waals surface area contributed by atoms with Gasteiger partial charge in [-0.1, -0.05) is 18.2 Å². The van der Waals surface area contributed by atoms with Gasteiger partial charge < -0.3 is 15.7 Å². The molecule has 0 saturated heterocycles. The van der Waals surface area contributed by atoms with Crippen molar-refractivity contribution in [3.63, 3.8) is 0 Å². The summed E-state index contributed by atoms with van der Waals surface area (Å²) >= 11 is 0. The number of halogens is 1. The van der Waals surface area contributed by atoms with Crippen molar-refractivity contribution in [1.82, 2.24) is 15.6 Å². The second-order valence-electron chi connectivity index (χ2n) is 8.36. The molecule has 0 atom stereocenters. The van der Waals surface area contributed by atoms with Crippen LogP contribution in [-0.4, -0.2) is 35.2 Å². The number of hydrogen-bond acceptors (Lipinski definition) is 3. The van der Waals surface area contributed by atoms with Crippen LogP contribution < -0.4 is 10.6 Å². The number of hydrogen-bond donors (Lipinski definition) is 3. The van der Waals surface area contributed by atoms with Gasteiger partial charge in [0.25, 0.3) is 5.91 Å². The molecule has 1 saturated carbocycles. The molecule has 2 amide bonds. The lowest BCUT2D eigenvalue weighted by Gasteiger charge is -2.28. The first-order chi connectivity index (χ1) is 15.5. The van der Waals surface area contributed by atoms with Crippen LogP contribution in [0.25, 0.3) is 22.2 Å². The fourth-order valence-corrected chi connectivity index (χ4v) is 4.34. The number of carboxylic acid groups (broad SMARTS) is 1. The van der Waals surface area contributed by atoms with Gasteiger partial charge in [0.2, 0.25) is 0 Å². The molecule has 0 radical (unpaired) electrons. The smallest absolute Gasteiger partial charge is 0.404 e. The molecule has 3 aromatic rings. The van der Waals surface area contributed by atoms with E-state index < -0.39 is 6.09 Å². The molecular weight excluding hydrogens is 409 g/mol.